The molecule has 0 aliphatic carbocycles. The van der Waals surface area contributed by atoms with Gasteiger partial charge in [0, 0.05) is 32.6 Å². The van der Waals surface area contributed by atoms with Crippen LogP contribution in [0.2, 0.25) is 0 Å². The summed E-state index contributed by atoms with van der Waals surface area (Å²) in [5.41, 5.74) is 1.31. The highest BCUT2D eigenvalue weighted by molar-refractivity contribution is 5.75. The number of hydrogen-bond donors (Lipinski definition) is 0. The molecule has 1 aromatic carbocycles. The largest absolute Gasteiger partial charge is 0.342 e. The van der Waals surface area contributed by atoms with Crippen LogP contribution in [-0.2, 0) is 11.3 Å². The Morgan fingerprint density at radius 2 is 1.78 bits per heavy atom. The minimum atomic E-state index is 0.241. The molecule has 3 nitrogen and oxygen atoms in total. The van der Waals surface area contributed by atoms with E-state index in [2.05, 4.69) is 36.2 Å². The second kappa shape index (κ2) is 7.88. The fourth-order valence-corrected chi connectivity index (χ4v) is 1.95. The van der Waals surface area contributed by atoms with E-state index in [0.29, 0.717) is 6.42 Å². The van der Waals surface area contributed by atoms with Crippen molar-refractivity contribution in [3.63, 3.8) is 0 Å². The molecule has 0 saturated heterocycles. The lowest BCUT2D eigenvalue weighted by Crippen LogP contribution is -2.36. The number of benzene rings is 1. The molecule has 0 N–H and O–H groups in total. The van der Waals surface area contributed by atoms with Crippen molar-refractivity contribution >= 4 is 5.91 Å². The van der Waals surface area contributed by atoms with E-state index < -0.39 is 0 Å². The summed E-state index contributed by atoms with van der Waals surface area (Å²) in [6, 6.07) is 10.4. The number of hydrogen-bond acceptors (Lipinski definition) is 2. The number of likely N-dealkylation sites (N-methyl/N-ethyl adjacent to an activating group) is 2. The number of nitrogens with zero attached hydrogens (tertiary/aromatic N) is 2. The lowest BCUT2D eigenvalue weighted by atomic mass is 10.2. The Bertz CT molecular complexity index is 351. The van der Waals surface area contributed by atoms with Crippen LogP contribution in [0.3, 0.4) is 0 Å². The highest BCUT2D eigenvalue weighted by atomic mass is 16.2. The maximum Gasteiger partial charge on any atom is 0.222 e. The molecule has 18 heavy (non-hydrogen) atoms. The van der Waals surface area contributed by atoms with Crippen molar-refractivity contribution in [2.45, 2.75) is 26.8 Å². The first-order valence-corrected chi connectivity index (χ1v) is 6.67. The highest BCUT2D eigenvalue weighted by Gasteiger charge is 2.09. The normalized spacial score (nSPS) is 10.7. The van der Waals surface area contributed by atoms with Crippen LogP contribution >= 0.6 is 0 Å². The van der Waals surface area contributed by atoms with E-state index in [9.17, 15) is 4.79 Å². The monoisotopic (exact) mass is 248 g/mol. The van der Waals surface area contributed by atoms with E-state index >= 15 is 0 Å². The smallest absolute Gasteiger partial charge is 0.222 e. The number of carbonyl (C=O) groups is 1. The molecule has 0 saturated carbocycles. The van der Waals surface area contributed by atoms with Gasteiger partial charge in [-0.2, -0.15) is 0 Å². The average Bonchev–Trinajstić information content (AvgIpc) is 2.40. The molecule has 0 aliphatic rings. The zero-order valence-electron chi connectivity index (χ0n) is 11.7. The second-order valence-corrected chi connectivity index (χ2v) is 4.55. The molecular formula is C15H24N2O. The maximum atomic E-state index is 11.6. The molecule has 1 aromatic rings. The maximum absolute atomic E-state index is 11.6. The first-order valence-electron chi connectivity index (χ1n) is 6.67. The van der Waals surface area contributed by atoms with Crippen LogP contribution in [0, 0.1) is 0 Å². The van der Waals surface area contributed by atoms with Crippen molar-refractivity contribution in [2.24, 2.45) is 0 Å². The summed E-state index contributed by atoms with van der Waals surface area (Å²) >= 11 is 0. The Kier molecular flexibility index (Phi) is 6.44. The van der Waals surface area contributed by atoms with Gasteiger partial charge in [-0.3, -0.25) is 4.79 Å². The van der Waals surface area contributed by atoms with Gasteiger partial charge in [0.15, 0.2) is 0 Å². The van der Waals surface area contributed by atoms with E-state index in [1.807, 2.05) is 24.8 Å². The molecule has 0 radical (unpaired) electrons. The predicted molar refractivity (Wildman–Crippen MR) is 75.3 cm³/mol. The molecule has 1 amide bonds. The SMILES string of the molecule is CCC(=O)N(CC)CCN(C)Cc1ccccc1. The quantitative estimate of drug-likeness (QED) is 0.739. The zero-order chi connectivity index (χ0) is 13.4. The molecule has 1 rings (SSSR count). The molecule has 0 aliphatic heterocycles. The average molecular weight is 248 g/mol. The van der Waals surface area contributed by atoms with Gasteiger partial charge in [0.25, 0.3) is 0 Å². The molecule has 0 bridgehead atoms. The Morgan fingerprint density at radius 3 is 2.33 bits per heavy atom. The molecule has 0 fully saturated rings. The van der Waals surface area contributed by atoms with Crippen molar-refractivity contribution in [1.82, 2.24) is 9.80 Å². The summed E-state index contributed by atoms with van der Waals surface area (Å²) < 4.78 is 0. The second-order valence-electron chi connectivity index (χ2n) is 4.55. The Labute approximate surface area is 110 Å². The summed E-state index contributed by atoms with van der Waals surface area (Å²) in [5.74, 6) is 0.241. The van der Waals surface area contributed by atoms with Gasteiger partial charge < -0.3 is 9.80 Å². The van der Waals surface area contributed by atoms with E-state index in [1.54, 1.807) is 0 Å². The van der Waals surface area contributed by atoms with Gasteiger partial charge in [0.05, 0.1) is 0 Å². The highest BCUT2D eigenvalue weighted by Crippen LogP contribution is 2.03. The molecule has 0 spiro atoms. The summed E-state index contributed by atoms with van der Waals surface area (Å²) in [7, 11) is 2.09. The number of carbonyl (C=O) groups excluding carboxylic acids is 1. The van der Waals surface area contributed by atoms with Gasteiger partial charge in [0.1, 0.15) is 0 Å². The molecule has 3 heteroatoms. The topological polar surface area (TPSA) is 23.6 Å². The standard InChI is InChI=1S/C15H24N2O/c1-4-15(18)17(5-2)12-11-16(3)13-14-9-7-6-8-10-14/h6-10H,4-5,11-13H2,1-3H3. The van der Waals surface area contributed by atoms with Gasteiger partial charge in [-0.05, 0) is 19.5 Å². The van der Waals surface area contributed by atoms with Crippen LogP contribution in [0.5, 0.6) is 0 Å². The minimum absolute atomic E-state index is 0.241. The van der Waals surface area contributed by atoms with Crippen LogP contribution in [0.15, 0.2) is 30.3 Å². The molecule has 100 valence electrons. The molecule has 0 atom stereocenters. The molecule has 0 aromatic heterocycles. The third-order valence-electron chi connectivity index (χ3n) is 3.08. The van der Waals surface area contributed by atoms with Gasteiger partial charge in [-0.15, -0.1) is 0 Å². The van der Waals surface area contributed by atoms with Gasteiger partial charge in [0.2, 0.25) is 5.91 Å². The summed E-state index contributed by atoms with van der Waals surface area (Å²) in [4.78, 5) is 15.8. The van der Waals surface area contributed by atoms with Gasteiger partial charge >= 0.3 is 0 Å². The minimum Gasteiger partial charge on any atom is -0.342 e. The van der Waals surface area contributed by atoms with Gasteiger partial charge in [-0.1, -0.05) is 37.3 Å². The Morgan fingerprint density at radius 1 is 1.11 bits per heavy atom. The van der Waals surface area contributed by atoms with Gasteiger partial charge in [-0.25, -0.2) is 0 Å². The van der Waals surface area contributed by atoms with Crippen molar-refractivity contribution in [2.75, 3.05) is 26.7 Å². The first kappa shape index (κ1) is 14.7. The summed E-state index contributed by atoms with van der Waals surface area (Å²) in [5, 5.41) is 0. The van der Waals surface area contributed by atoms with Crippen molar-refractivity contribution in [1.29, 1.82) is 0 Å². The van der Waals surface area contributed by atoms with E-state index in [-0.39, 0.29) is 5.91 Å². The number of rotatable bonds is 7. The molecular weight excluding hydrogens is 224 g/mol. The van der Waals surface area contributed by atoms with E-state index in [0.717, 1.165) is 26.2 Å². The van der Waals surface area contributed by atoms with Crippen LogP contribution < -0.4 is 0 Å². The lowest BCUT2D eigenvalue weighted by molar-refractivity contribution is -0.130. The summed E-state index contributed by atoms with van der Waals surface area (Å²) in [6.45, 7) is 7.40. The van der Waals surface area contributed by atoms with Crippen molar-refractivity contribution in [3.05, 3.63) is 35.9 Å². The number of amides is 1. The van der Waals surface area contributed by atoms with Crippen molar-refractivity contribution < 1.29 is 4.79 Å². The van der Waals surface area contributed by atoms with Crippen LogP contribution in [0.25, 0.3) is 0 Å². The Hall–Kier alpha value is -1.35. The first-order chi connectivity index (χ1) is 8.67. The lowest BCUT2D eigenvalue weighted by Gasteiger charge is -2.24. The third-order valence-corrected chi connectivity index (χ3v) is 3.08. The Balaban J connectivity index is 2.36. The van der Waals surface area contributed by atoms with E-state index in [1.165, 1.54) is 5.56 Å². The van der Waals surface area contributed by atoms with Crippen LogP contribution in [0.4, 0.5) is 0 Å². The summed E-state index contributed by atoms with van der Waals surface area (Å²) in [6.07, 6.45) is 0.593. The van der Waals surface area contributed by atoms with Crippen LogP contribution in [0.1, 0.15) is 25.8 Å². The third kappa shape index (κ3) is 4.88. The molecule has 0 heterocycles. The predicted octanol–water partition coefficient (Wildman–Crippen LogP) is 2.38. The molecule has 0 unspecified atom stereocenters. The van der Waals surface area contributed by atoms with Crippen molar-refractivity contribution in [3.8, 4) is 0 Å². The van der Waals surface area contributed by atoms with E-state index in [4.69, 9.17) is 0 Å². The fourth-order valence-electron chi connectivity index (χ4n) is 1.95. The van der Waals surface area contributed by atoms with Crippen LogP contribution in [-0.4, -0.2) is 42.4 Å². The zero-order valence-corrected chi connectivity index (χ0v) is 11.7. The fraction of sp³-hybridized carbons (Fsp3) is 0.533.